The van der Waals surface area contributed by atoms with Crippen LogP contribution in [-0.2, 0) is 4.74 Å². The summed E-state index contributed by atoms with van der Waals surface area (Å²) in [6, 6.07) is 7.15. The van der Waals surface area contributed by atoms with E-state index in [-0.39, 0.29) is 18.3 Å². The van der Waals surface area contributed by atoms with Crippen LogP contribution < -0.4 is 15.8 Å². The van der Waals surface area contributed by atoms with Gasteiger partial charge in [0.1, 0.15) is 5.75 Å². The summed E-state index contributed by atoms with van der Waals surface area (Å²) in [7, 11) is 1.67. The molecule has 21 heavy (non-hydrogen) atoms. The summed E-state index contributed by atoms with van der Waals surface area (Å²) >= 11 is 0. The van der Waals surface area contributed by atoms with E-state index >= 15 is 0 Å². The van der Waals surface area contributed by atoms with E-state index < -0.39 is 0 Å². The van der Waals surface area contributed by atoms with Crippen LogP contribution in [0.15, 0.2) is 24.3 Å². The molecule has 6 heteroatoms. The van der Waals surface area contributed by atoms with Crippen molar-refractivity contribution < 1.29 is 14.3 Å². The third-order valence-electron chi connectivity index (χ3n) is 2.79. The van der Waals surface area contributed by atoms with Gasteiger partial charge in [-0.1, -0.05) is 0 Å². The highest BCUT2D eigenvalue weighted by atomic mass is 35.5. The first-order chi connectivity index (χ1) is 9.77. The summed E-state index contributed by atoms with van der Waals surface area (Å²) in [6.45, 7) is 2.61. The minimum atomic E-state index is -0.0621. The molecule has 1 aromatic carbocycles. The van der Waals surface area contributed by atoms with Crippen molar-refractivity contribution in [2.24, 2.45) is 5.73 Å². The number of nitrogens with one attached hydrogen (secondary N) is 1. The van der Waals surface area contributed by atoms with Crippen LogP contribution in [0.2, 0.25) is 0 Å². The van der Waals surface area contributed by atoms with Gasteiger partial charge in [-0.2, -0.15) is 0 Å². The van der Waals surface area contributed by atoms with Crippen LogP contribution in [0, 0.1) is 0 Å². The number of nitrogens with two attached hydrogens (primary N) is 1. The fourth-order valence-electron chi connectivity index (χ4n) is 1.67. The highest BCUT2D eigenvalue weighted by Crippen LogP contribution is 2.12. The van der Waals surface area contributed by atoms with Gasteiger partial charge in [0.05, 0.1) is 6.61 Å². The summed E-state index contributed by atoms with van der Waals surface area (Å²) in [5, 5.41) is 2.86. The second kappa shape index (κ2) is 12.4. The highest BCUT2D eigenvalue weighted by molar-refractivity contribution is 5.94. The number of methoxy groups -OCH3 is 1. The number of carbonyl (C=O) groups excluding carboxylic acids is 1. The number of hydrogen-bond acceptors (Lipinski definition) is 4. The van der Waals surface area contributed by atoms with E-state index in [1.165, 1.54) is 0 Å². The quantitative estimate of drug-likeness (QED) is 0.647. The fourth-order valence-corrected chi connectivity index (χ4v) is 1.67. The molecule has 0 fully saturated rings. The van der Waals surface area contributed by atoms with Crippen molar-refractivity contribution in [2.75, 3.05) is 33.4 Å². The lowest BCUT2D eigenvalue weighted by Crippen LogP contribution is -2.24. The van der Waals surface area contributed by atoms with Crippen molar-refractivity contribution >= 4 is 18.3 Å². The predicted octanol–water partition coefficient (Wildman–Crippen LogP) is 1.99. The molecular weight excluding hydrogens is 292 g/mol. The van der Waals surface area contributed by atoms with Crippen LogP contribution in [0.3, 0.4) is 0 Å². The van der Waals surface area contributed by atoms with E-state index in [9.17, 15) is 4.79 Å². The largest absolute Gasteiger partial charge is 0.494 e. The molecule has 0 aromatic heterocycles. The first kappa shape index (κ1) is 19.7. The molecule has 120 valence electrons. The number of hydrogen-bond donors (Lipinski definition) is 2. The van der Waals surface area contributed by atoms with Gasteiger partial charge in [-0.25, -0.2) is 0 Å². The average molecular weight is 317 g/mol. The molecule has 0 bridgehead atoms. The Bertz CT molecular complexity index is 385. The number of ether oxygens (including phenoxy) is 2. The summed E-state index contributed by atoms with van der Waals surface area (Å²) in [6.07, 6.45) is 2.68. The maximum Gasteiger partial charge on any atom is 0.251 e. The molecule has 0 unspecified atom stereocenters. The number of benzene rings is 1. The van der Waals surface area contributed by atoms with Crippen molar-refractivity contribution in [3.63, 3.8) is 0 Å². The topological polar surface area (TPSA) is 73.6 Å². The molecule has 0 heterocycles. The van der Waals surface area contributed by atoms with Gasteiger partial charge < -0.3 is 20.5 Å². The molecule has 0 aliphatic carbocycles. The van der Waals surface area contributed by atoms with Crippen LogP contribution in [0.4, 0.5) is 0 Å². The SMILES string of the molecule is COCCCOc1ccc(C(=O)NCCCCN)cc1.Cl. The molecule has 1 rings (SSSR count). The van der Waals surface area contributed by atoms with E-state index in [2.05, 4.69) is 5.32 Å². The Morgan fingerprint density at radius 3 is 2.48 bits per heavy atom. The third kappa shape index (κ3) is 8.55. The molecule has 0 saturated carbocycles. The standard InChI is InChI=1S/C15H24N2O3.ClH/c1-19-11-4-12-20-14-7-5-13(6-8-14)15(18)17-10-3-2-9-16;/h5-8H,2-4,9-12,16H2,1H3,(H,17,18);1H. The third-order valence-corrected chi connectivity index (χ3v) is 2.79. The Kier molecular flexibility index (Phi) is 11.7. The van der Waals surface area contributed by atoms with Crippen molar-refractivity contribution in [3.8, 4) is 5.75 Å². The Hall–Kier alpha value is -1.30. The van der Waals surface area contributed by atoms with Crippen molar-refractivity contribution in [3.05, 3.63) is 29.8 Å². The first-order valence-corrected chi connectivity index (χ1v) is 6.98. The molecule has 0 atom stereocenters. The molecule has 1 aromatic rings. The molecule has 0 aliphatic heterocycles. The van der Waals surface area contributed by atoms with Gasteiger partial charge >= 0.3 is 0 Å². The Labute approximate surface area is 132 Å². The fraction of sp³-hybridized carbons (Fsp3) is 0.533. The van der Waals surface area contributed by atoms with Crippen molar-refractivity contribution in [2.45, 2.75) is 19.3 Å². The number of rotatable bonds is 10. The second-order valence-electron chi connectivity index (χ2n) is 4.47. The Morgan fingerprint density at radius 1 is 1.14 bits per heavy atom. The van der Waals surface area contributed by atoms with Crippen LogP contribution in [0.5, 0.6) is 5.75 Å². The number of amides is 1. The molecule has 0 saturated heterocycles. The second-order valence-corrected chi connectivity index (χ2v) is 4.47. The lowest BCUT2D eigenvalue weighted by Gasteiger charge is -2.07. The molecule has 0 aliphatic rings. The van der Waals surface area contributed by atoms with Crippen LogP contribution >= 0.6 is 12.4 Å². The van der Waals surface area contributed by atoms with Gasteiger partial charge in [0.2, 0.25) is 0 Å². The zero-order valence-corrected chi connectivity index (χ0v) is 13.3. The average Bonchev–Trinajstić information content (AvgIpc) is 2.48. The van der Waals surface area contributed by atoms with Gasteiger partial charge in [-0.05, 0) is 43.7 Å². The monoisotopic (exact) mass is 316 g/mol. The molecule has 0 spiro atoms. The summed E-state index contributed by atoms with van der Waals surface area (Å²) < 4.78 is 10.5. The van der Waals surface area contributed by atoms with Gasteiger partial charge in [0.15, 0.2) is 0 Å². The highest BCUT2D eigenvalue weighted by Gasteiger charge is 2.04. The van der Waals surface area contributed by atoms with E-state index in [1.807, 2.05) is 12.1 Å². The van der Waals surface area contributed by atoms with E-state index in [0.717, 1.165) is 25.0 Å². The minimum Gasteiger partial charge on any atom is -0.494 e. The minimum absolute atomic E-state index is 0. The molecule has 0 radical (unpaired) electrons. The molecule has 5 nitrogen and oxygen atoms in total. The number of carbonyl (C=O) groups is 1. The van der Waals surface area contributed by atoms with Gasteiger partial charge in [-0.15, -0.1) is 12.4 Å². The van der Waals surface area contributed by atoms with Crippen molar-refractivity contribution in [1.29, 1.82) is 0 Å². The molecule has 3 N–H and O–H groups in total. The normalized spacial score (nSPS) is 9.81. The van der Waals surface area contributed by atoms with Crippen molar-refractivity contribution in [1.82, 2.24) is 5.32 Å². The molecular formula is C15H25ClN2O3. The van der Waals surface area contributed by atoms with E-state index in [0.29, 0.717) is 31.9 Å². The van der Waals surface area contributed by atoms with E-state index in [4.69, 9.17) is 15.2 Å². The lowest BCUT2D eigenvalue weighted by molar-refractivity contribution is 0.0953. The Balaban J connectivity index is 0.00000400. The summed E-state index contributed by atoms with van der Waals surface area (Å²) in [4.78, 5) is 11.8. The smallest absolute Gasteiger partial charge is 0.251 e. The summed E-state index contributed by atoms with van der Waals surface area (Å²) in [5.74, 6) is 0.703. The van der Waals surface area contributed by atoms with Gasteiger partial charge in [0.25, 0.3) is 5.91 Å². The zero-order valence-electron chi connectivity index (χ0n) is 12.5. The predicted molar refractivity (Wildman–Crippen MR) is 86.3 cm³/mol. The first-order valence-electron chi connectivity index (χ1n) is 6.98. The van der Waals surface area contributed by atoms with Crippen LogP contribution in [0.1, 0.15) is 29.6 Å². The maximum atomic E-state index is 11.8. The maximum absolute atomic E-state index is 11.8. The summed E-state index contributed by atoms with van der Waals surface area (Å²) in [5.41, 5.74) is 6.04. The number of unbranched alkanes of at least 4 members (excludes halogenated alkanes) is 1. The van der Waals surface area contributed by atoms with Gasteiger partial charge in [0, 0.05) is 32.2 Å². The Morgan fingerprint density at radius 2 is 1.86 bits per heavy atom. The molecule has 1 amide bonds. The van der Waals surface area contributed by atoms with Crippen LogP contribution in [0.25, 0.3) is 0 Å². The van der Waals surface area contributed by atoms with Crippen LogP contribution in [-0.4, -0.2) is 39.3 Å². The lowest BCUT2D eigenvalue weighted by atomic mass is 10.2. The van der Waals surface area contributed by atoms with Gasteiger partial charge in [-0.3, -0.25) is 4.79 Å². The zero-order chi connectivity index (χ0) is 14.6. The van der Waals surface area contributed by atoms with E-state index in [1.54, 1.807) is 19.2 Å². The number of halogens is 1.